The van der Waals surface area contributed by atoms with Gasteiger partial charge in [0.15, 0.2) is 0 Å². The number of ether oxygens (including phenoxy) is 1. The predicted molar refractivity (Wildman–Crippen MR) is 68.8 cm³/mol. The number of carbonyl (C=O) groups is 1. The zero-order valence-electron chi connectivity index (χ0n) is 10.4. The first-order chi connectivity index (χ1) is 7.49. The van der Waals surface area contributed by atoms with Crippen LogP contribution < -0.4 is 5.32 Å². The van der Waals surface area contributed by atoms with Crippen LogP contribution in [-0.4, -0.2) is 29.5 Å². The fourth-order valence-corrected chi connectivity index (χ4v) is 2.28. The topological polar surface area (TPSA) is 38.3 Å². The molecule has 0 saturated carbocycles. The monoisotopic (exact) mass is 291 g/mol. The van der Waals surface area contributed by atoms with Crippen LogP contribution in [0.5, 0.6) is 0 Å². The molecule has 0 radical (unpaired) electrons. The van der Waals surface area contributed by atoms with E-state index < -0.39 is 0 Å². The Balaban J connectivity index is 2.64. The van der Waals surface area contributed by atoms with E-state index in [0.717, 1.165) is 32.4 Å². The van der Waals surface area contributed by atoms with E-state index in [1.807, 2.05) is 0 Å². The average Bonchev–Trinajstić information content (AvgIpc) is 2.29. The van der Waals surface area contributed by atoms with Gasteiger partial charge in [-0.2, -0.15) is 0 Å². The van der Waals surface area contributed by atoms with Crippen LogP contribution in [-0.2, 0) is 9.53 Å². The van der Waals surface area contributed by atoms with Gasteiger partial charge in [0.05, 0.1) is 0 Å². The highest BCUT2D eigenvalue weighted by Crippen LogP contribution is 2.32. The molecule has 2 unspecified atom stereocenters. The largest absolute Gasteiger partial charge is 0.458 e. The Morgan fingerprint density at radius 3 is 2.56 bits per heavy atom. The number of esters is 1. The molecular formula is C12H22BrNO2. The Labute approximate surface area is 106 Å². The molecule has 0 bridgehead atoms. The molecule has 3 nitrogen and oxygen atoms in total. The lowest BCUT2D eigenvalue weighted by Gasteiger charge is -2.39. The van der Waals surface area contributed by atoms with Gasteiger partial charge in [-0.05, 0) is 46.2 Å². The molecule has 94 valence electrons. The van der Waals surface area contributed by atoms with Crippen LogP contribution in [0.3, 0.4) is 0 Å². The molecular weight excluding hydrogens is 270 g/mol. The van der Waals surface area contributed by atoms with Gasteiger partial charge in [0.2, 0.25) is 0 Å². The second-order valence-corrected chi connectivity index (χ2v) is 6.10. The normalized spacial score (nSPS) is 23.5. The molecule has 16 heavy (non-hydrogen) atoms. The number of hydrogen-bond acceptors (Lipinski definition) is 3. The highest BCUT2D eigenvalue weighted by atomic mass is 79.9. The fraction of sp³-hybridized carbons (Fsp3) is 0.917. The first-order valence-corrected chi connectivity index (χ1v) is 6.99. The maximum Gasteiger partial charge on any atom is 0.319 e. The van der Waals surface area contributed by atoms with Crippen molar-refractivity contribution < 1.29 is 9.53 Å². The standard InChI is InChI=1S/C12H22BrNO2/c1-4-12(3,16-11(15)9(2)13)10-5-7-14-8-6-10/h9-10,14H,4-8H2,1-3H3. The summed E-state index contributed by atoms with van der Waals surface area (Å²) in [6, 6.07) is 0. The molecule has 0 aromatic rings. The summed E-state index contributed by atoms with van der Waals surface area (Å²) >= 11 is 3.26. The third-order valence-electron chi connectivity index (χ3n) is 3.56. The third-order valence-corrected chi connectivity index (χ3v) is 3.94. The van der Waals surface area contributed by atoms with Gasteiger partial charge in [-0.25, -0.2) is 0 Å². The van der Waals surface area contributed by atoms with Crippen molar-refractivity contribution in [3.8, 4) is 0 Å². The number of nitrogens with one attached hydrogen (secondary N) is 1. The van der Waals surface area contributed by atoms with Gasteiger partial charge >= 0.3 is 5.97 Å². The summed E-state index contributed by atoms with van der Waals surface area (Å²) in [5.74, 6) is 0.330. The van der Waals surface area contributed by atoms with Gasteiger partial charge in [0, 0.05) is 5.92 Å². The van der Waals surface area contributed by atoms with Crippen molar-refractivity contribution in [2.75, 3.05) is 13.1 Å². The van der Waals surface area contributed by atoms with Crippen molar-refractivity contribution in [3.63, 3.8) is 0 Å². The molecule has 0 spiro atoms. The van der Waals surface area contributed by atoms with Crippen LogP contribution in [0, 0.1) is 5.92 Å². The van der Waals surface area contributed by atoms with Gasteiger partial charge in [-0.3, -0.25) is 4.79 Å². The lowest BCUT2D eigenvalue weighted by Crippen LogP contribution is -2.45. The minimum Gasteiger partial charge on any atom is -0.458 e. The van der Waals surface area contributed by atoms with Crippen LogP contribution in [0.25, 0.3) is 0 Å². The number of rotatable bonds is 4. The first kappa shape index (κ1) is 14.0. The van der Waals surface area contributed by atoms with Crippen molar-refractivity contribution in [3.05, 3.63) is 0 Å². The Hall–Kier alpha value is -0.0900. The summed E-state index contributed by atoms with van der Waals surface area (Å²) in [5, 5.41) is 3.34. The van der Waals surface area contributed by atoms with Crippen molar-refractivity contribution in [2.24, 2.45) is 5.92 Å². The molecule has 1 fully saturated rings. The summed E-state index contributed by atoms with van der Waals surface area (Å²) in [6.07, 6.45) is 3.06. The summed E-state index contributed by atoms with van der Waals surface area (Å²) < 4.78 is 5.67. The van der Waals surface area contributed by atoms with Crippen LogP contribution >= 0.6 is 15.9 Å². The zero-order chi connectivity index (χ0) is 12.2. The van der Waals surface area contributed by atoms with E-state index in [2.05, 4.69) is 35.1 Å². The molecule has 1 aliphatic rings. The molecule has 2 atom stereocenters. The maximum absolute atomic E-state index is 11.7. The predicted octanol–water partition coefficient (Wildman–Crippen LogP) is 2.48. The van der Waals surface area contributed by atoms with Crippen molar-refractivity contribution in [1.29, 1.82) is 0 Å². The van der Waals surface area contributed by atoms with Crippen LogP contribution in [0.4, 0.5) is 0 Å². The molecule has 1 heterocycles. The lowest BCUT2D eigenvalue weighted by atomic mass is 9.80. The van der Waals surface area contributed by atoms with Crippen LogP contribution in [0.2, 0.25) is 0 Å². The van der Waals surface area contributed by atoms with E-state index in [1.54, 1.807) is 6.92 Å². The van der Waals surface area contributed by atoms with Crippen molar-refractivity contribution in [2.45, 2.75) is 50.5 Å². The molecule has 0 aromatic carbocycles. The second-order valence-electron chi connectivity index (χ2n) is 4.73. The van der Waals surface area contributed by atoms with E-state index in [-0.39, 0.29) is 16.4 Å². The third kappa shape index (κ3) is 3.45. The summed E-state index contributed by atoms with van der Waals surface area (Å²) in [6.45, 7) is 8.02. The van der Waals surface area contributed by atoms with E-state index in [0.29, 0.717) is 5.92 Å². The number of piperidine rings is 1. The molecule has 1 saturated heterocycles. The van der Waals surface area contributed by atoms with Crippen molar-refractivity contribution >= 4 is 21.9 Å². The number of alkyl halides is 1. The molecule has 0 aliphatic carbocycles. The smallest absolute Gasteiger partial charge is 0.319 e. The van der Waals surface area contributed by atoms with Gasteiger partial charge in [-0.15, -0.1) is 0 Å². The highest BCUT2D eigenvalue weighted by molar-refractivity contribution is 9.10. The van der Waals surface area contributed by atoms with Gasteiger partial charge in [0.1, 0.15) is 10.4 Å². The quantitative estimate of drug-likeness (QED) is 0.639. The number of hydrogen-bond donors (Lipinski definition) is 1. The van der Waals surface area contributed by atoms with E-state index in [1.165, 1.54) is 0 Å². The zero-order valence-corrected chi connectivity index (χ0v) is 12.0. The van der Waals surface area contributed by atoms with E-state index in [4.69, 9.17) is 4.74 Å². The van der Waals surface area contributed by atoms with Gasteiger partial charge < -0.3 is 10.1 Å². The summed E-state index contributed by atoms with van der Waals surface area (Å²) in [7, 11) is 0. The van der Waals surface area contributed by atoms with Crippen molar-refractivity contribution in [1.82, 2.24) is 5.32 Å². The fourth-order valence-electron chi connectivity index (χ4n) is 2.19. The highest BCUT2D eigenvalue weighted by Gasteiger charge is 2.37. The molecule has 1 N–H and O–H groups in total. The van der Waals surface area contributed by atoms with Gasteiger partial charge in [-0.1, -0.05) is 22.9 Å². The van der Waals surface area contributed by atoms with Crippen LogP contribution in [0.15, 0.2) is 0 Å². The minimum absolute atomic E-state index is 0.150. The molecule has 4 heteroatoms. The minimum atomic E-state index is -0.304. The molecule has 0 aromatic heterocycles. The van der Waals surface area contributed by atoms with Gasteiger partial charge in [0.25, 0.3) is 0 Å². The van der Waals surface area contributed by atoms with E-state index in [9.17, 15) is 4.79 Å². The number of halogens is 1. The molecule has 1 aliphatic heterocycles. The SMILES string of the molecule is CCC(C)(OC(=O)C(C)Br)C1CCNCC1. The summed E-state index contributed by atoms with van der Waals surface area (Å²) in [4.78, 5) is 11.5. The van der Waals surface area contributed by atoms with E-state index >= 15 is 0 Å². The Morgan fingerprint density at radius 1 is 1.56 bits per heavy atom. The summed E-state index contributed by atoms with van der Waals surface area (Å²) in [5.41, 5.74) is -0.304. The average molecular weight is 292 g/mol. The Kier molecular flexibility index (Phi) is 5.25. The second kappa shape index (κ2) is 6.01. The Bertz CT molecular complexity index is 239. The molecule has 0 amide bonds. The lowest BCUT2D eigenvalue weighted by molar-refractivity contribution is -0.164. The first-order valence-electron chi connectivity index (χ1n) is 6.07. The molecule has 1 rings (SSSR count). The van der Waals surface area contributed by atoms with Crippen LogP contribution in [0.1, 0.15) is 40.0 Å². The maximum atomic E-state index is 11.7. The Morgan fingerprint density at radius 2 is 2.12 bits per heavy atom. The number of carbonyl (C=O) groups excluding carboxylic acids is 1.